The molecule has 5 heteroatoms. The molecule has 0 amide bonds. The number of aryl methyl sites for hydroxylation is 1. The molecule has 2 aromatic rings. The molecule has 1 aliphatic rings. The van der Waals surface area contributed by atoms with Crippen LogP contribution in [0.1, 0.15) is 48.8 Å². The van der Waals surface area contributed by atoms with Gasteiger partial charge in [0, 0.05) is 11.6 Å². The van der Waals surface area contributed by atoms with Gasteiger partial charge in [0.2, 0.25) is 0 Å². The summed E-state index contributed by atoms with van der Waals surface area (Å²) in [5.41, 5.74) is 3.48. The van der Waals surface area contributed by atoms with Crippen molar-refractivity contribution in [3.63, 3.8) is 0 Å². The zero-order chi connectivity index (χ0) is 18.2. The van der Waals surface area contributed by atoms with Crippen molar-refractivity contribution in [2.45, 2.75) is 51.6 Å². The summed E-state index contributed by atoms with van der Waals surface area (Å²) < 4.78 is 0. The number of aliphatic imine (C=N–C) groups is 1. The van der Waals surface area contributed by atoms with Gasteiger partial charge in [-0.1, -0.05) is 79.4 Å². The Hall–Kier alpha value is -1.91. The van der Waals surface area contributed by atoms with E-state index < -0.39 is 0 Å². The average Bonchev–Trinajstić information content (AvgIpc) is 2.67. The number of halogens is 1. The van der Waals surface area contributed by atoms with Crippen LogP contribution in [0.3, 0.4) is 0 Å². The molecule has 1 aliphatic carbocycles. The van der Waals surface area contributed by atoms with Gasteiger partial charge in [0.15, 0.2) is 5.11 Å². The van der Waals surface area contributed by atoms with Gasteiger partial charge in [0.1, 0.15) is 5.84 Å². The van der Waals surface area contributed by atoms with Crippen molar-refractivity contribution in [3.05, 3.63) is 71.3 Å². The van der Waals surface area contributed by atoms with Crippen LogP contribution in [0.25, 0.3) is 0 Å². The van der Waals surface area contributed by atoms with Crippen molar-refractivity contribution in [1.82, 2.24) is 10.6 Å². The second kappa shape index (κ2) is 11.1. The summed E-state index contributed by atoms with van der Waals surface area (Å²) in [4.78, 5) is 4.80. The van der Waals surface area contributed by atoms with Crippen molar-refractivity contribution < 1.29 is 12.4 Å². The van der Waals surface area contributed by atoms with Crippen LogP contribution >= 0.6 is 12.2 Å². The lowest BCUT2D eigenvalue weighted by atomic mass is 9.96. The largest absolute Gasteiger partial charge is 1.00 e. The molecule has 0 atom stereocenters. The van der Waals surface area contributed by atoms with Crippen molar-refractivity contribution in [3.8, 4) is 0 Å². The van der Waals surface area contributed by atoms with E-state index in [-0.39, 0.29) is 12.4 Å². The third kappa shape index (κ3) is 6.96. The lowest BCUT2D eigenvalue weighted by Crippen LogP contribution is -3.00. The molecule has 3 rings (SSSR count). The molecule has 0 bridgehead atoms. The number of hydrogen-bond donors (Lipinski definition) is 2. The number of amidine groups is 1. The molecule has 144 valence electrons. The van der Waals surface area contributed by atoms with E-state index in [4.69, 9.17) is 17.2 Å². The molecule has 3 nitrogen and oxygen atoms in total. The molecule has 1 saturated carbocycles. The Morgan fingerprint density at radius 1 is 1.00 bits per heavy atom. The van der Waals surface area contributed by atoms with E-state index in [0.717, 1.165) is 11.4 Å². The van der Waals surface area contributed by atoms with Gasteiger partial charge >= 0.3 is 0 Å². The molecule has 0 heterocycles. The molecule has 0 aliphatic heterocycles. The van der Waals surface area contributed by atoms with Crippen LogP contribution in [-0.2, 0) is 6.54 Å². The van der Waals surface area contributed by atoms with Crippen molar-refractivity contribution in [2.75, 3.05) is 0 Å². The van der Waals surface area contributed by atoms with E-state index in [1.165, 1.54) is 43.2 Å². The average molecular weight is 401 g/mol. The predicted molar refractivity (Wildman–Crippen MR) is 114 cm³/mol. The van der Waals surface area contributed by atoms with Gasteiger partial charge in [-0.15, -0.1) is 0 Å². The van der Waals surface area contributed by atoms with Crippen LogP contribution in [-0.4, -0.2) is 17.0 Å². The zero-order valence-electron chi connectivity index (χ0n) is 15.7. The first-order valence-electron chi connectivity index (χ1n) is 9.43. The molecule has 2 aromatic carbocycles. The maximum atomic E-state index is 5.56. The Bertz CT molecular complexity index is 738. The maximum Gasteiger partial charge on any atom is 0.172 e. The predicted octanol–water partition coefficient (Wildman–Crippen LogP) is 1.74. The minimum absolute atomic E-state index is 0. The van der Waals surface area contributed by atoms with Gasteiger partial charge in [0.05, 0.1) is 6.54 Å². The van der Waals surface area contributed by atoms with Crippen LogP contribution in [0.15, 0.2) is 59.6 Å². The molecule has 0 saturated heterocycles. The molecule has 0 radical (unpaired) electrons. The lowest BCUT2D eigenvalue weighted by molar-refractivity contribution is -0.00000550. The van der Waals surface area contributed by atoms with Crippen molar-refractivity contribution in [1.29, 1.82) is 0 Å². The third-order valence-corrected chi connectivity index (χ3v) is 4.98. The Morgan fingerprint density at radius 2 is 1.67 bits per heavy atom. The van der Waals surface area contributed by atoms with Crippen LogP contribution in [0, 0.1) is 6.92 Å². The topological polar surface area (TPSA) is 36.4 Å². The fourth-order valence-corrected chi connectivity index (χ4v) is 3.51. The Kier molecular flexibility index (Phi) is 8.76. The number of nitrogens with one attached hydrogen (secondary N) is 2. The van der Waals surface area contributed by atoms with Crippen molar-refractivity contribution >= 4 is 23.2 Å². The first-order valence-corrected chi connectivity index (χ1v) is 9.84. The molecule has 27 heavy (non-hydrogen) atoms. The highest BCUT2D eigenvalue weighted by Crippen LogP contribution is 2.17. The molecule has 1 fully saturated rings. The van der Waals surface area contributed by atoms with Gasteiger partial charge in [-0.25, -0.2) is 0 Å². The van der Waals surface area contributed by atoms with Crippen LogP contribution in [0.2, 0.25) is 0 Å². The molecular weight excluding hydrogens is 374 g/mol. The second-order valence-electron chi connectivity index (χ2n) is 6.95. The van der Waals surface area contributed by atoms with Crippen LogP contribution in [0.5, 0.6) is 0 Å². The first-order chi connectivity index (χ1) is 12.7. The highest BCUT2D eigenvalue weighted by molar-refractivity contribution is 7.80. The summed E-state index contributed by atoms with van der Waals surface area (Å²) in [7, 11) is 0. The standard InChI is InChI=1S/C22H27N3S.ClH/c1-17-12-14-19(15-13-17)21(23-16-18-8-4-2-5-9-18)25-22(26)24-20-10-6-3-7-11-20;/h2,4-5,8-9,12-15,20H,3,6-7,10-11,16H2,1H3,(H2,23,24,25,26);1H/p-1. The normalized spacial score (nSPS) is 14.9. The molecule has 0 spiro atoms. The summed E-state index contributed by atoms with van der Waals surface area (Å²) in [6, 6.07) is 19.2. The number of thiocarbonyl (C=S) groups is 1. The maximum absolute atomic E-state index is 5.56. The fraction of sp³-hybridized carbons (Fsp3) is 0.364. The van der Waals surface area contributed by atoms with E-state index >= 15 is 0 Å². The summed E-state index contributed by atoms with van der Waals surface area (Å²) in [5, 5.41) is 7.48. The quantitative estimate of drug-likeness (QED) is 0.466. The minimum Gasteiger partial charge on any atom is -1.00 e. The van der Waals surface area contributed by atoms with Gasteiger partial charge in [-0.3, -0.25) is 4.99 Å². The van der Waals surface area contributed by atoms with E-state index in [1.807, 2.05) is 18.2 Å². The first kappa shape index (κ1) is 21.4. The molecular formula is C22H27ClN3S-. The minimum atomic E-state index is 0. The van der Waals surface area contributed by atoms with Crippen LogP contribution in [0.4, 0.5) is 0 Å². The summed E-state index contributed by atoms with van der Waals surface area (Å²) in [6.45, 7) is 2.72. The molecule has 0 unspecified atom stereocenters. The van der Waals surface area contributed by atoms with Gasteiger partial charge < -0.3 is 23.0 Å². The van der Waals surface area contributed by atoms with Gasteiger partial charge in [0.25, 0.3) is 0 Å². The van der Waals surface area contributed by atoms with E-state index in [2.05, 4.69) is 54.0 Å². The summed E-state index contributed by atoms with van der Waals surface area (Å²) >= 11 is 5.56. The van der Waals surface area contributed by atoms with Crippen LogP contribution < -0.4 is 23.0 Å². The van der Waals surface area contributed by atoms with E-state index in [9.17, 15) is 0 Å². The number of hydrogen-bond acceptors (Lipinski definition) is 2. The molecule has 0 aromatic heterocycles. The van der Waals surface area contributed by atoms with E-state index in [0.29, 0.717) is 17.7 Å². The highest BCUT2D eigenvalue weighted by Gasteiger charge is 2.15. The SMILES string of the molecule is Cc1ccc(C(=NCc2ccccc2)NC(=S)NC2CCCCC2)cc1.[Cl-]. The Morgan fingerprint density at radius 3 is 2.33 bits per heavy atom. The van der Waals surface area contributed by atoms with E-state index in [1.54, 1.807) is 0 Å². The van der Waals surface area contributed by atoms with Gasteiger partial charge in [-0.05, 0) is 37.5 Å². The number of nitrogens with zero attached hydrogens (tertiary/aromatic N) is 1. The monoisotopic (exact) mass is 400 g/mol. The number of benzene rings is 2. The third-order valence-electron chi connectivity index (χ3n) is 4.76. The highest BCUT2D eigenvalue weighted by atomic mass is 35.5. The Balaban J connectivity index is 0.00000261. The summed E-state index contributed by atoms with van der Waals surface area (Å²) in [5.74, 6) is 0.821. The summed E-state index contributed by atoms with van der Waals surface area (Å²) in [6.07, 6.45) is 6.30. The lowest BCUT2D eigenvalue weighted by Gasteiger charge is -2.24. The fourth-order valence-electron chi connectivity index (χ4n) is 3.24. The smallest absolute Gasteiger partial charge is 0.172 e. The second-order valence-corrected chi connectivity index (χ2v) is 7.36. The Labute approximate surface area is 174 Å². The van der Waals surface area contributed by atoms with Crippen molar-refractivity contribution in [2.24, 2.45) is 4.99 Å². The molecule has 2 N–H and O–H groups in total. The zero-order valence-corrected chi connectivity index (χ0v) is 17.3. The van der Waals surface area contributed by atoms with Gasteiger partial charge in [-0.2, -0.15) is 0 Å². The number of rotatable bonds is 4.